The highest BCUT2D eigenvalue weighted by atomic mass is 35.5. The van der Waals surface area contributed by atoms with E-state index in [1.54, 1.807) is 22.9 Å². The topological polar surface area (TPSA) is 53.9 Å². The van der Waals surface area contributed by atoms with E-state index in [1.807, 2.05) is 19.4 Å². The van der Waals surface area contributed by atoms with Crippen LogP contribution in [-0.4, -0.2) is 33.9 Å². The third-order valence-corrected chi connectivity index (χ3v) is 3.63. The predicted molar refractivity (Wildman–Crippen MR) is 79.1 cm³/mol. The van der Waals surface area contributed by atoms with Crippen LogP contribution < -0.4 is 4.74 Å². The van der Waals surface area contributed by atoms with Gasteiger partial charge >= 0.3 is 0 Å². The van der Waals surface area contributed by atoms with Crippen molar-refractivity contribution in [1.29, 1.82) is 5.26 Å². The van der Waals surface area contributed by atoms with Gasteiger partial charge in [0.15, 0.2) is 0 Å². The molecule has 1 fully saturated rings. The Kier molecular flexibility index (Phi) is 3.82. The van der Waals surface area contributed by atoms with Gasteiger partial charge in [-0.3, -0.25) is 9.58 Å². The minimum atomic E-state index is 0.412. The van der Waals surface area contributed by atoms with Crippen molar-refractivity contribution in [3.63, 3.8) is 0 Å². The Morgan fingerprint density at radius 3 is 3.05 bits per heavy atom. The third-order valence-electron chi connectivity index (χ3n) is 3.41. The Hall–Kier alpha value is -2.03. The molecule has 5 nitrogen and oxygen atoms in total. The number of hydrogen-bond donors (Lipinski definition) is 0. The van der Waals surface area contributed by atoms with Crippen molar-refractivity contribution in [3.05, 3.63) is 46.7 Å². The van der Waals surface area contributed by atoms with E-state index < -0.39 is 0 Å². The van der Waals surface area contributed by atoms with Crippen LogP contribution in [0.3, 0.4) is 0 Å². The first kappa shape index (κ1) is 13.9. The highest BCUT2D eigenvalue weighted by Gasteiger charge is 2.34. The second kappa shape index (κ2) is 5.76. The highest BCUT2D eigenvalue weighted by Crippen LogP contribution is 2.24. The number of nitriles is 1. The molecule has 2 aromatic rings. The molecule has 1 aliphatic rings. The first-order valence-corrected chi connectivity index (χ1v) is 7.07. The minimum absolute atomic E-state index is 0.412. The number of aromatic nitrogens is 2. The molecule has 0 aliphatic carbocycles. The summed E-state index contributed by atoms with van der Waals surface area (Å²) >= 11 is 5.95. The van der Waals surface area contributed by atoms with Crippen LogP contribution >= 0.6 is 11.6 Å². The molecule has 0 saturated carbocycles. The normalized spacial score (nSPS) is 20.0. The summed E-state index contributed by atoms with van der Waals surface area (Å²) in [5.74, 6) is 0.646. The van der Waals surface area contributed by atoms with Gasteiger partial charge in [0.2, 0.25) is 0 Å². The van der Waals surface area contributed by atoms with Crippen LogP contribution in [0.5, 0.6) is 5.75 Å². The van der Waals surface area contributed by atoms with Gasteiger partial charge in [-0.25, -0.2) is 0 Å². The van der Waals surface area contributed by atoms with Gasteiger partial charge in [0, 0.05) is 36.9 Å². The van der Waals surface area contributed by atoms with Gasteiger partial charge in [0.1, 0.15) is 12.4 Å². The molecule has 1 saturated heterocycles. The summed E-state index contributed by atoms with van der Waals surface area (Å²) < 4.78 is 7.53. The summed E-state index contributed by atoms with van der Waals surface area (Å²) in [4.78, 5) is 2.31. The van der Waals surface area contributed by atoms with Gasteiger partial charge in [0.05, 0.1) is 23.9 Å². The molecule has 2 unspecified atom stereocenters. The summed E-state index contributed by atoms with van der Waals surface area (Å²) in [7, 11) is 1.91. The van der Waals surface area contributed by atoms with Gasteiger partial charge in [-0.05, 0) is 18.2 Å². The average Bonchev–Trinajstić information content (AvgIpc) is 3.07. The number of ether oxygens (including phenoxy) is 1. The van der Waals surface area contributed by atoms with E-state index in [0.29, 0.717) is 29.0 Å². The van der Waals surface area contributed by atoms with Crippen LogP contribution in [0, 0.1) is 11.3 Å². The number of benzene rings is 1. The van der Waals surface area contributed by atoms with Crippen molar-refractivity contribution in [2.24, 2.45) is 7.05 Å². The lowest BCUT2D eigenvalue weighted by Crippen LogP contribution is -2.10. The fourth-order valence-electron chi connectivity index (χ4n) is 2.27. The average molecular weight is 303 g/mol. The fourth-order valence-corrected chi connectivity index (χ4v) is 2.49. The zero-order valence-electron chi connectivity index (χ0n) is 11.7. The van der Waals surface area contributed by atoms with E-state index in [1.165, 1.54) is 5.56 Å². The molecule has 1 aromatic carbocycles. The van der Waals surface area contributed by atoms with E-state index in [9.17, 15) is 0 Å². The van der Waals surface area contributed by atoms with Crippen molar-refractivity contribution in [3.8, 4) is 11.8 Å². The zero-order valence-corrected chi connectivity index (χ0v) is 12.4. The quantitative estimate of drug-likeness (QED) is 0.795. The van der Waals surface area contributed by atoms with Crippen molar-refractivity contribution in [1.82, 2.24) is 14.7 Å². The van der Waals surface area contributed by atoms with Crippen molar-refractivity contribution >= 4 is 11.6 Å². The van der Waals surface area contributed by atoms with Crippen LogP contribution in [-0.2, 0) is 13.6 Å². The van der Waals surface area contributed by atoms with E-state index in [4.69, 9.17) is 21.6 Å². The highest BCUT2D eigenvalue weighted by molar-refractivity contribution is 6.30. The van der Waals surface area contributed by atoms with E-state index in [0.717, 1.165) is 13.1 Å². The zero-order chi connectivity index (χ0) is 14.8. The predicted octanol–water partition coefficient (Wildman–Crippen LogP) is 2.21. The van der Waals surface area contributed by atoms with Crippen LogP contribution in [0.25, 0.3) is 0 Å². The van der Waals surface area contributed by atoms with Gasteiger partial charge < -0.3 is 4.74 Å². The SMILES string of the molecule is Cn1cc(CN2CC2COc2cc(Cl)cc(C#N)c2)cn1. The molecule has 6 heteroatoms. The number of hydrogen-bond acceptors (Lipinski definition) is 4. The summed E-state index contributed by atoms with van der Waals surface area (Å²) in [6, 6.07) is 7.55. The fraction of sp³-hybridized carbons (Fsp3) is 0.333. The van der Waals surface area contributed by atoms with Crippen molar-refractivity contribution in [2.45, 2.75) is 12.6 Å². The molecule has 2 heterocycles. The molecule has 1 aromatic heterocycles. The van der Waals surface area contributed by atoms with Crippen LogP contribution in [0.2, 0.25) is 5.02 Å². The Morgan fingerprint density at radius 1 is 1.48 bits per heavy atom. The number of nitrogens with zero attached hydrogens (tertiary/aromatic N) is 4. The number of rotatable bonds is 5. The van der Waals surface area contributed by atoms with Crippen LogP contribution in [0.1, 0.15) is 11.1 Å². The lowest BCUT2D eigenvalue weighted by molar-refractivity contribution is 0.293. The van der Waals surface area contributed by atoms with Crippen LogP contribution in [0.15, 0.2) is 30.6 Å². The summed E-state index contributed by atoms with van der Waals surface area (Å²) in [5, 5.41) is 13.6. The van der Waals surface area contributed by atoms with E-state index >= 15 is 0 Å². The molecule has 1 aliphatic heterocycles. The number of aryl methyl sites for hydroxylation is 1. The smallest absolute Gasteiger partial charge is 0.122 e. The molecule has 0 N–H and O–H groups in total. The molecule has 3 rings (SSSR count). The summed E-state index contributed by atoms with van der Waals surface area (Å²) in [5.41, 5.74) is 1.72. The summed E-state index contributed by atoms with van der Waals surface area (Å²) in [6.45, 7) is 2.51. The maximum atomic E-state index is 8.90. The monoisotopic (exact) mass is 302 g/mol. The molecule has 108 valence electrons. The minimum Gasteiger partial charge on any atom is -0.492 e. The standard InChI is InChI=1S/C15H15ClN4O/c1-19-7-12(6-18-19)8-20-9-14(20)10-21-15-3-11(5-17)2-13(16)4-15/h2-4,6-7,14H,8-10H2,1H3. The van der Waals surface area contributed by atoms with Gasteiger partial charge in [0.25, 0.3) is 0 Å². The molecular weight excluding hydrogens is 288 g/mol. The second-order valence-corrected chi connectivity index (χ2v) is 5.64. The Balaban J connectivity index is 1.51. The summed E-state index contributed by atoms with van der Waals surface area (Å²) in [6.07, 6.45) is 3.90. The molecular formula is C15H15ClN4O. The molecule has 0 bridgehead atoms. The van der Waals surface area contributed by atoms with E-state index in [2.05, 4.69) is 16.1 Å². The maximum absolute atomic E-state index is 8.90. The van der Waals surface area contributed by atoms with E-state index in [-0.39, 0.29) is 0 Å². The van der Waals surface area contributed by atoms with Crippen molar-refractivity contribution in [2.75, 3.05) is 13.2 Å². The number of halogens is 1. The molecule has 0 amide bonds. The maximum Gasteiger partial charge on any atom is 0.122 e. The lowest BCUT2D eigenvalue weighted by atomic mass is 10.2. The molecule has 0 radical (unpaired) electrons. The largest absolute Gasteiger partial charge is 0.492 e. The third kappa shape index (κ3) is 3.54. The Morgan fingerprint density at radius 2 is 2.33 bits per heavy atom. The van der Waals surface area contributed by atoms with Gasteiger partial charge in [-0.15, -0.1) is 0 Å². The molecule has 21 heavy (non-hydrogen) atoms. The second-order valence-electron chi connectivity index (χ2n) is 5.20. The first-order valence-electron chi connectivity index (χ1n) is 6.69. The Bertz CT molecular complexity index is 691. The lowest BCUT2D eigenvalue weighted by Gasteiger charge is -2.07. The van der Waals surface area contributed by atoms with Gasteiger partial charge in [-0.1, -0.05) is 11.6 Å². The van der Waals surface area contributed by atoms with Crippen molar-refractivity contribution < 1.29 is 4.74 Å². The Labute approximate surface area is 128 Å². The van der Waals surface area contributed by atoms with Crippen LogP contribution in [0.4, 0.5) is 0 Å². The first-order chi connectivity index (χ1) is 10.1. The van der Waals surface area contributed by atoms with Gasteiger partial charge in [-0.2, -0.15) is 10.4 Å². The molecule has 0 spiro atoms. The molecule has 2 atom stereocenters.